The molecule has 0 spiro atoms. The molecular formula is C17H26Cl2N4O2. The number of hydrogen-bond donors (Lipinski definition) is 1. The maximum absolute atomic E-state index is 12.5. The molecule has 2 amide bonds. The quantitative estimate of drug-likeness (QED) is 0.796. The fourth-order valence-corrected chi connectivity index (χ4v) is 3.23. The second-order valence-corrected chi connectivity index (χ2v) is 6.24. The summed E-state index contributed by atoms with van der Waals surface area (Å²) in [6.45, 7) is 5.00. The molecule has 2 heterocycles. The van der Waals surface area contributed by atoms with Crippen molar-refractivity contribution in [3.63, 3.8) is 0 Å². The maximum Gasteiger partial charge on any atom is 0.256 e. The van der Waals surface area contributed by atoms with Gasteiger partial charge in [-0.05, 0) is 25.0 Å². The molecule has 0 aromatic heterocycles. The number of piperazine rings is 1. The fraction of sp³-hybridized carbons (Fsp3) is 0.529. The standard InChI is InChI=1S/C17H24N4O2.2ClH/c18-15-6-2-1-5-14(15)17(23)21-11-9-19(10-12-21)13-16(22)20-7-3-4-8-20;;/h1-2,5-6H,3-4,7-13,18H2;2*1H. The lowest BCUT2D eigenvalue weighted by atomic mass is 10.1. The molecule has 0 saturated carbocycles. The lowest BCUT2D eigenvalue weighted by molar-refractivity contribution is -0.131. The second kappa shape index (κ2) is 9.85. The topological polar surface area (TPSA) is 69.9 Å². The van der Waals surface area contributed by atoms with Gasteiger partial charge in [0.1, 0.15) is 0 Å². The molecule has 8 heteroatoms. The summed E-state index contributed by atoms with van der Waals surface area (Å²) in [6.07, 6.45) is 2.24. The van der Waals surface area contributed by atoms with E-state index in [1.54, 1.807) is 12.1 Å². The molecule has 2 aliphatic rings. The Bertz CT molecular complexity index is 586. The summed E-state index contributed by atoms with van der Waals surface area (Å²) in [7, 11) is 0. The average molecular weight is 389 g/mol. The number of halogens is 2. The first-order valence-electron chi connectivity index (χ1n) is 8.29. The van der Waals surface area contributed by atoms with E-state index in [1.165, 1.54) is 0 Å². The van der Waals surface area contributed by atoms with Crippen molar-refractivity contribution in [1.82, 2.24) is 14.7 Å². The highest BCUT2D eigenvalue weighted by atomic mass is 35.5. The van der Waals surface area contributed by atoms with Gasteiger partial charge >= 0.3 is 0 Å². The Morgan fingerprint density at radius 2 is 1.48 bits per heavy atom. The predicted octanol–water partition coefficient (Wildman–Crippen LogP) is 1.49. The van der Waals surface area contributed by atoms with Crippen LogP contribution in [0.15, 0.2) is 24.3 Å². The van der Waals surface area contributed by atoms with Crippen molar-refractivity contribution >= 4 is 42.3 Å². The van der Waals surface area contributed by atoms with E-state index >= 15 is 0 Å². The van der Waals surface area contributed by atoms with Crippen LogP contribution in [0, 0.1) is 0 Å². The fourth-order valence-electron chi connectivity index (χ4n) is 3.23. The molecule has 0 unspecified atom stereocenters. The van der Waals surface area contributed by atoms with Crippen LogP contribution in [-0.4, -0.2) is 72.3 Å². The Balaban J connectivity index is 0.00000156. The van der Waals surface area contributed by atoms with E-state index in [0.717, 1.165) is 39.0 Å². The van der Waals surface area contributed by atoms with E-state index in [0.29, 0.717) is 30.9 Å². The molecule has 1 aromatic rings. The number of amides is 2. The Morgan fingerprint density at radius 3 is 2.08 bits per heavy atom. The van der Waals surface area contributed by atoms with Gasteiger partial charge in [0.25, 0.3) is 5.91 Å². The molecule has 2 fully saturated rings. The van der Waals surface area contributed by atoms with Crippen molar-refractivity contribution in [2.45, 2.75) is 12.8 Å². The Morgan fingerprint density at radius 1 is 0.880 bits per heavy atom. The molecule has 0 bridgehead atoms. The van der Waals surface area contributed by atoms with Crippen LogP contribution in [-0.2, 0) is 4.79 Å². The Labute approximate surface area is 161 Å². The number of rotatable bonds is 3. The molecular weight excluding hydrogens is 363 g/mol. The van der Waals surface area contributed by atoms with Gasteiger partial charge in [-0.2, -0.15) is 0 Å². The highest BCUT2D eigenvalue weighted by Crippen LogP contribution is 2.15. The molecule has 2 saturated heterocycles. The summed E-state index contributed by atoms with van der Waals surface area (Å²) in [5.74, 6) is 0.197. The number of para-hydroxylation sites is 1. The van der Waals surface area contributed by atoms with Crippen molar-refractivity contribution in [2.24, 2.45) is 0 Å². The van der Waals surface area contributed by atoms with Crippen LogP contribution in [0.4, 0.5) is 5.69 Å². The first kappa shape index (κ1) is 21.5. The number of nitrogens with two attached hydrogens (primary N) is 1. The van der Waals surface area contributed by atoms with Crippen molar-refractivity contribution in [3.05, 3.63) is 29.8 Å². The molecule has 1 aromatic carbocycles. The van der Waals surface area contributed by atoms with Crippen LogP contribution in [0.2, 0.25) is 0 Å². The molecule has 2 N–H and O–H groups in total. The van der Waals surface area contributed by atoms with Crippen LogP contribution in [0.1, 0.15) is 23.2 Å². The number of hydrogen-bond acceptors (Lipinski definition) is 4. The van der Waals surface area contributed by atoms with E-state index in [-0.39, 0.29) is 36.6 Å². The lowest BCUT2D eigenvalue weighted by Crippen LogP contribution is -2.51. The molecule has 3 rings (SSSR count). The lowest BCUT2D eigenvalue weighted by Gasteiger charge is -2.35. The van der Waals surface area contributed by atoms with Gasteiger partial charge in [-0.1, -0.05) is 12.1 Å². The molecule has 140 valence electrons. The van der Waals surface area contributed by atoms with E-state index in [9.17, 15) is 9.59 Å². The van der Waals surface area contributed by atoms with Gasteiger partial charge in [0.15, 0.2) is 0 Å². The van der Waals surface area contributed by atoms with E-state index in [4.69, 9.17) is 5.73 Å². The zero-order valence-electron chi connectivity index (χ0n) is 14.2. The summed E-state index contributed by atoms with van der Waals surface area (Å²) < 4.78 is 0. The van der Waals surface area contributed by atoms with Crippen molar-refractivity contribution < 1.29 is 9.59 Å². The summed E-state index contributed by atoms with van der Waals surface area (Å²) in [4.78, 5) is 30.6. The number of carbonyl (C=O) groups excluding carboxylic acids is 2. The summed E-state index contributed by atoms with van der Waals surface area (Å²) in [5.41, 5.74) is 6.96. The molecule has 0 aliphatic carbocycles. The Hall–Kier alpha value is -1.50. The van der Waals surface area contributed by atoms with Crippen molar-refractivity contribution in [2.75, 3.05) is 51.5 Å². The zero-order chi connectivity index (χ0) is 16.2. The first-order valence-corrected chi connectivity index (χ1v) is 8.29. The molecule has 25 heavy (non-hydrogen) atoms. The van der Waals surface area contributed by atoms with Crippen LogP contribution in [0.5, 0.6) is 0 Å². The Kier molecular flexibility index (Phi) is 8.48. The number of anilines is 1. The number of nitrogens with zero attached hydrogens (tertiary/aromatic N) is 3. The number of benzene rings is 1. The molecule has 2 aliphatic heterocycles. The minimum atomic E-state index is -0.0198. The third-order valence-electron chi connectivity index (χ3n) is 4.67. The summed E-state index contributed by atoms with van der Waals surface area (Å²) >= 11 is 0. The number of likely N-dealkylation sites (tertiary alicyclic amines) is 1. The summed E-state index contributed by atoms with van der Waals surface area (Å²) in [6, 6.07) is 7.17. The van der Waals surface area contributed by atoms with E-state index < -0.39 is 0 Å². The maximum atomic E-state index is 12.5. The van der Waals surface area contributed by atoms with Gasteiger partial charge in [-0.15, -0.1) is 24.8 Å². The largest absolute Gasteiger partial charge is 0.398 e. The third kappa shape index (κ3) is 5.23. The highest BCUT2D eigenvalue weighted by molar-refractivity contribution is 5.99. The zero-order valence-corrected chi connectivity index (χ0v) is 15.9. The SMILES string of the molecule is Cl.Cl.Nc1ccccc1C(=O)N1CCN(CC(=O)N2CCCC2)CC1. The van der Waals surface area contributed by atoms with Gasteiger partial charge in [-0.3, -0.25) is 14.5 Å². The minimum absolute atomic E-state index is 0. The van der Waals surface area contributed by atoms with Gasteiger partial charge in [-0.25, -0.2) is 0 Å². The molecule has 0 radical (unpaired) electrons. The van der Waals surface area contributed by atoms with E-state index in [2.05, 4.69) is 4.90 Å². The van der Waals surface area contributed by atoms with Gasteiger partial charge in [0, 0.05) is 45.0 Å². The number of carbonyl (C=O) groups is 2. The smallest absolute Gasteiger partial charge is 0.256 e. The first-order chi connectivity index (χ1) is 11.1. The average Bonchev–Trinajstić information content (AvgIpc) is 3.10. The van der Waals surface area contributed by atoms with Crippen LogP contribution in [0.25, 0.3) is 0 Å². The van der Waals surface area contributed by atoms with E-state index in [1.807, 2.05) is 21.9 Å². The third-order valence-corrected chi connectivity index (χ3v) is 4.67. The normalized spacial score (nSPS) is 17.6. The second-order valence-electron chi connectivity index (χ2n) is 6.24. The van der Waals surface area contributed by atoms with Gasteiger partial charge in [0.2, 0.25) is 5.91 Å². The van der Waals surface area contributed by atoms with Crippen molar-refractivity contribution in [3.8, 4) is 0 Å². The number of nitrogen functional groups attached to an aromatic ring is 1. The minimum Gasteiger partial charge on any atom is -0.398 e. The molecule has 6 nitrogen and oxygen atoms in total. The van der Waals surface area contributed by atoms with Crippen LogP contribution in [0.3, 0.4) is 0 Å². The molecule has 0 atom stereocenters. The monoisotopic (exact) mass is 388 g/mol. The van der Waals surface area contributed by atoms with Gasteiger partial charge < -0.3 is 15.5 Å². The van der Waals surface area contributed by atoms with Gasteiger partial charge in [0.05, 0.1) is 12.1 Å². The summed E-state index contributed by atoms with van der Waals surface area (Å²) in [5, 5.41) is 0. The van der Waals surface area contributed by atoms with Crippen LogP contribution >= 0.6 is 24.8 Å². The van der Waals surface area contributed by atoms with Crippen LogP contribution < -0.4 is 5.73 Å². The van der Waals surface area contributed by atoms with Crippen molar-refractivity contribution in [1.29, 1.82) is 0 Å². The highest BCUT2D eigenvalue weighted by Gasteiger charge is 2.26. The predicted molar refractivity (Wildman–Crippen MR) is 104 cm³/mol.